The molecule has 122 valence electrons. The molecule has 3 rings (SSSR count). The maximum Gasteiger partial charge on any atom is 0.0538 e. The van der Waals surface area contributed by atoms with Crippen molar-refractivity contribution < 1.29 is 0 Å². The van der Waals surface area contributed by atoms with Crippen molar-refractivity contribution in [1.82, 2.24) is 16.0 Å². The fourth-order valence-corrected chi connectivity index (χ4v) is 2.53. The summed E-state index contributed by atoms with van der Waals surface area (Å²) in [6, 6.07) is 20.8. The Kier molecular flexibility index (Phi) is 5.73. The summed E-state index contributed by atoms with van der Waals surface area (Å²) in [5, 5.41) is 10.2. The van der Waals surface area contributed by atoms with Crippen molar-refractivity contribution in [3.05, 3.63) is 108 Å². The second kappa shape index (κ2) is 8.63. The van der Waals surface area contributed by atoms with Gasteiger partial charge in [-0.05, 0) is 17.2 Å². The van der Waals surface area contributed by atoms with Crippen LogP contribution in [0.15, 0.2) is 96.6 Å². The van der Waals surface area contributed by atoms with Crippen molar-refractivity contribution >= 4 is 0 Å². The smallest absolute Gasteiger partial charge is 0.0538 e. The molecule has 1 aliphatic heterocycles. The van der Waals surface area contributed by atoms with Crippen molar-refractivity contribution in [1.29, 1.82) is 0 Å². The van der Waals surface area contributed by atoms with Gasteiger partial charge in [-0.15, -0.1) is 0 Å². The van der Waals surface area contributed by atoms with E-state index in [0.717, 1.165) is 25.2 Å². The minimum absolute atomic E-state index is 0.825. The molecule has 3 heteroatoms. The average Bonchev–Trinajstić information content (AvgIpc) is 2.64. The fraction of sp³-hybridized carbons (Fsp3) is 0.143. The van der Waals surface area contributed by atoms with Gasteiger partial charge in [0, 0.05) is 37.6 Å². The lowest BCUT2D eigenvalue weighted by Gasteiger charge is -2.16. The molecule has 0 atom stereocenters. The highest BCUT2D eigenvalue weighted by Gasteiger charge is 2.03. The number of hydrogen-bond donors (Lipinski definition) is 3. The summed E-state index contributed by atoms with van der Waals surface area (Å²) in [5.41, 5.74) is 4.79. The summed E-state index contributed by atoms with van der Waals surface area (Å²) in [4.78, 5) is 0. The van der Waals surface area contributed by atoms with Gasteiger partial charge in [-0.25, -0.2) is 0 Å². The topological polar surface area (TPSA) is 36.1 Å². The molecule has 0 amide bonds. The third-order valence-electron chi connectivity index (χ3n) is 3.77. The van der Waals surface area contributed by atoms with E-state index >= 15 is 0 Å². The number of allylic oxidation sites excluding steroid dienone is 2. The Balaban J connectivity index is 1.48. The molecule has 2 aromatic carbocycles. The second-order valence-electron chi connectivity index (χ2n) is 5.73. The Bertz CT molecular complexity index is 715. The maximum absolute atomic E-state index is 3.44. The highest BCUT2D eigenvalue weighted by Crippen LogP contribution is 2.10. The van der Waals surface area contributed by atoms with E-state index in [1.165, 1.54) is 16.8 Å². The molecule has 1 aliphatic rings. The lowest BCUT2D eigenvalue weighted by Crippen LogP contribution is -2.20. The van der Waals surface area contributed by atoms with Crippen LogP contribution in [-0.2, 0) is 13.1 Å². The van der Waals surface area contributed by atoms with Crippen molar-refractivity contribution in [2.45, 2.75) is 19.5 Å². The molecule has 0 fully saturated rings. The van der Waals surface area contributed by atoms with Crippen molar-refractivity contribution in [3.63, 3.8) is 0 Å². The van der Waals surface area contributed by atoms with Crippen molar-refractivity contribution in [2.24, 2.45) is 0 Å². The van der Waals surface area contributed by atoms with Gasteiger partial charge in [0.25, 0.3) is 0 Å². The lowest BCUT2D eigenvalue weighted by atomic mass is 10.2. The highest BCUT2D eigenvalue weighted by molar-refractivity contribution is 5.28. The first kappa shape index (κ1) is 15.9. The van der Waals surface area contributed by atoms with Gasteiger partial charge in [0.2, 0.25) is 0 Å². The van der Waals surface area contributed by atoms with Gasteiger partial charge in [0.05, 0.1) is 5.70 Å². The zero-order valence-electron chi connectivity index (χ0n) is 13.7. The molecule has 2 aromatic rings. The zero-order chi connectivity index (χ0) is 16.5. The molecule has 0 aliphatic carbocycles. The van der Waals surface area contributed by atoms with Crippen LogP contribution >= 0.6 is 0 Å². The SMILES string of the molecule is C1=C/C(=C/NCc2ccccc2)N/C(=C/NCc2ccccc2)C1. The second-order valence-corrected chi connectivity index (χ2v) is 5.73. The van der Waals surface area contributed by atoms with E-state index in [2.05, 4.69) is 82.8 Å². The molecule has 0 saturated heterocycles. The van der Waals surface area contributed by atoms with Crippen LogP contribution in [0.5, 0.6) is 0 Å². The number of rotatable bonds is 6. The molecule has 3 N–H and O–H groups in total. The van der Waals surface area contributed by atoms with Gasteiger partial charge in [0.1, 0.15) is 0 Å². The Labute approximate surface area is 143 Å². The van der Waals surface area contributed by atoms with E-state index in [9.17, 15) is 0 Å². The number of hydrogen-bond acceptors (Lipinski definition) is 3. The largest absolute Gasteiger partial charge is 0.385 e. The molecule has 0 aromatic heterocycles. The average molecular weight is 317 g/mol. The molecule has 3 nitrogen and oxygen atoms in total. The third kappa shape index (κ3) is 5.06. The van der Waals surface area contributed by atoms with Gasteiger partial charge in [-0.2, -0.15) is 0 Å². The maximum atomic E-state index is 3.44. The van der Waals surface area contributed by atoms with Crippen LogP contribution in [0.2, 0.25) is 0 Å². The lowest BCUT2D eigenvalue weighted by molar-refractivity contribution is 0.803. The summed E-state index contributed by atoms with van der Waals surface area (Å²) in [5.74, 6) is 0. The zero-order valence-corrected chi connectivity index (χ0v) is 13.7. The van der Waals surface area contributed by atoms with Crippen molar-refractivity contribution in [3.8, 4) is 0 Å². The van der Waals surface area contributed by atoms with Crippen molar-refractivity contribution in [2.75, 3.05) is 0 Å². The molecule has 0 radical (unpaired) electrons. The fourth-order valence-electron chi connectivity index (χ4n) is 2.53. The van der Waals surface area contributed by atoms with E-state index in [1.54, 1.807) is 0 Å². The predicted molar refractivity (Wildman–Crippen MR) is 99.6 cm³/mol. The Hall–Kier alpha value is -2.94. The molecular weight excluding hydrogens is 294 g/mol. The van der Waals surface area contributed by atoms with E-state index < -0.39 is 0 Å². The van der Waals surface area contributed by atoms with Crippen LogP contribution < -0.4 is 16.0 Å². The minimum Gasteiger partial charge on any atom is -0.385 e. The summed E-state index contributed by atoms with van der Waals surface area (Å²) in [7, 11) is 0. The minimum atomic E-state index is 0.825. The summed E-state index contributed by atoms with van der Waals surface area (Å²) in [6.07, 6.45) is 9.27. The first-order chi connectivity index (χ1) is 11.9. The monoisotopic (exact) mass is 317 g/mol. The van der Waals surface area contributed by atoms with Crippen LogP contribution in [0, 0.1) is 0 Å². The van der Waals surface area contributed by atoms with E-state index in [4.69, 9.17) is 0 Å². The van der Waals surface area contributed by atoms with Gasteiger partial charge >= 0.3 is 0 Å². The predicted octanol–water partition coefficient (Wildman–Crippen LogP) is 3.80. The van der Waals surface area contributed by atoms with Gasteiger partial charge in [0.15, 0.2) is 0 Å². The Morgan fingerprint density at radius 2 is 1.38 bits per heavy atom. The summed E-state index contributed by atoms with van der Waals surface area (Å²) in [6.45, 7) is 1.66. The molecule has 24 heavy (non-hydrogen) atoms. The van der Waals surface area contributed by atoms with Gasteiger partial charge < -0.3 is 16.0 Å². The van der Waals surface area contributed by atoms with E-state index in [0.29, 0.717) is 0 Å². The Morgan fingerprint density at radius 3 is 2.00 bits per heavy atom. The molecule has 0 saturated carbocycles. The van der Waals surface area contributed by atoms with Crippen LogP contribution in [0.3, 0.4) is 0 Å². The number of benzene rings is 2. The molecule has 0 unspecified atom stereocenters. The number of nitrogens with one attached hydrogen (secondary N) is 3. The first-order valence-electron chi connectivity index (χ1n) is 8.27. The standard InChI is InChI=1S/C21H23N3/c1-3-8-18(9-4-1)14-22-16-20-12-7-13-21(24-20)17-23-15-19-10-5-2-6-11-19/h1-12,16-17,22-24H,13-15H2/b20-16-,21-17+. The summed E-state index contributed by atoms with van der Waals surface area (Å²) >= 11 is 0. The molecule has 1 heterocycles. The third-order valence-corrected chi connectivity index (χ3v) is 3.77. The molecular formula is C21H23N3. The first-order valence-corrected chi connectivity index (χ1v) is 8.27. The molecule has 0 spiro atoms. The quantitative estimate of drug-likeness (QED) is 0.758. The van der Waals surface area contributed by atoms with E-state index in [1.807, 2.05) is 18.3 Å². The van der Waals surface area contributed by atoms with Gasteiger partial charge in [-0.1, -0.05) is 66.7 Å². The van der Waals surface area contributed by atoms with E-state index in [-0.39, 0.29) is 0 Å². The van der Waals surface area contributed by atoms with Gasteiger partial charge in [-0.3, -0.25) is 0 Å². The molecule has 0 bridgehead atoms. The Morgan fingerprint density at radius 1 is 0.792 bits per heavy atom. The highest BCUT2D eigenvalue weighted by atomic mass is 15.0. The van der Waals surface area contributed by atoms with Crippen LogP contribution in [0.4, 0.5) is 0 Å². The normalized spacial score (nSPS) is 16.8. The van der Waals surface area contributed by atoms with Crippen LogP contribution in [-0.4, -0.2) is 0 Å². The van der Waals surface area contributed by atoms with Crippen LogP contribution in [0.1, 0.15) is 17.5 Å². The van der Waals surface area contributed by atoms with Crippen LogP contribution in [0.25, 0.3) is 0 Å². The summed E-state index contributed by atoms with van der Waals surface area (Å²) < 4.78 is 0.